The Morgan fingerprint density at radius 3 is 1.88 bits per heavy atom. The van der Waals surface area contributed by atoms with Crippen LogP contribution >= 0.6 is 0 Å². The summed E-state index contributed by atoms with van der Waals surface area (Å²) in [4.78, 5) is 0. The fraction of sp³-hybridized carbons (Fsp3) is 0.278. The molecule has 1 aliphatic rings. The highest BCUT2D eigenvalue weighted by molar-refractivity contribution is 5.73. The average molecular weight is 539 g/mol. The first-order valence-electron chi connectivity index (χ1n) is 14.2. The van der Waals surface area contributed by atoms with Crippen LogP contribution < -0.4 is 4.74 Å². The zero-order chi connectivity index (χ0) is 27.9. The maximum Gasteiger partial charge on any atom is 0.201 e. The summed E-state index contributed by atoms with van der Waals surface area (Å²) in [6.45, 7) is 6.86. The number of halogens is 2. The van der Waals surface area contributed by atoms with E-state index in [-0.39, 0.29) is 11.3 Å². The monoisotopic (exact) mass is 538 g/mol. The van der Waals surface area contributed by atoms with Crippen molar-refractivity contribution in [2.24, 2.45) is 0 Å². The van der Waals surface area contributed by atoms with E-state index >= 15 is 0 Å². The molecule has 0 saturated carbocycles. The number of hydrogen-bond acceptors (Lipinski definition) is 2. The fourth-order valence-electron chi connectivity index (χ4n) is 5.32. The van der Waals surface area contributed by atoms with Crippen molar-refractivity contribution >= 4 is 0 Å². The second kappa shape index (κ2) is 13.1. The highest BCUT2D eigenvalue weighted by Crippen LogP contribution is 2.34. The summed E-state index contributed by atoms with van der Waals surface area (Å²) in [5, 5.41) is 0. The molecule has 4 aromatic carbocycles. The Labute approximate surface area is 236 Å². The van der Waals surface area contributed by atoms with E-state index in [4.69, 9.17) is 9.47 Å². The summed E-state index contributed by atoms with van der Waals surface area (Å²) in [6.07, 6.45) is 7.41. The highest BCUT2D eigenvalue weighted by atomic mass is 19.2. The van der Waals surface area contributed by atoms with E-state index in [0.717, 1.165) is 55.4 Å². The van der Waals surface area contributed by atoms with E-state index in [1.807, 2.05) is 37.3 Å². The Kier molecular flexibility index (Phi) is 9.08. The minimum atomic E-state index is -0.946. The second-order valence-electron chi connectivity index (χ2n) is 10.5. The van der Waals surface area contributed by atoms with Gasteiger partial charge in [0.25, 0.3) is 0 Å². The molecule has 1 saturated heterocycles. The molecule has 1 fully saturated rings. The molecule has 4 aromatic rings. The summed E-state index contributed by atoms with van der Waals surface area (Å²) >= 11 is 0. The Morgan fingerprint density at radius 2 is 1.35 bits per heavy atom. The number of allylic oxidation sites excluding steroid dienone is 1. The Hall–Kier alpha value is -3.76. The molecule has 1 heterocycles. The lowest BCUT2D eigenvalue weighted by atomic mass is 9.89. The van der Waals surface area contributed by atoms with Gasteiger partial charge in [-0.1, -0.05) is 85.8 Å². The van der Waals surface area contributed by atoms with Crippen LogP contribution in [0.2, 0.25) is 0 Å². The standard InChI is InChI=1S/C36H36F2O2/c1-3-5-6-32-20-19-31(24-40-32)29-13-11-27(12-14-29)25-7-9-26(10-8-25)28-15-17-30(18-16-28)33-21-22-34(39-23-4-2)36(38)35(33)37/h3,7-18,21-22,31-32H,1,4-6,19-20,23-24H2,2H3. The molecule has 2 nitrogen and oxygen atoms in total. The molecule has 4 heteroatoms. The molecular weight excluding hydrogens is 502 g/mol. The summed E-state index contributed by atoms with van der Waals surface area (Å²) in [7, 11) is 0. The topological polar surface area (TPSA) is 18.5 Å². The van der Waals surface area contributed by atoms with Crippen molar-refractivity contribution < 1.29 is 18.3 Å². The molecule has 0 aliphatic carbocycles. The van der Waals surface area contributed by atoms with Crippen LogP contribution in [0.15, 0.2) is 97.6 Å². The summed E-state index contributed by atoms with van der Waals surface area (Å²) in [6, 6.07) is 27.8. The Morgan fingerprint density at radius 1 is 0.775 bits per heavy atom. The van der Waals surface area contributed by atoms with Crippen molar-refractivity contribution in [3.8, 4) is 39.1 Å². The van der Waals surface area contributed by atoms with Crippen molar-refractivity contribution in [1.29, 1.82) is 0 Å². The maximum absolute atomic E-state index is 14.7. The summed E-state index contributed by atoms with van der Waals surface area (Å²) < 4.78 is 40.6. The predicted molar refractivity (Wildman–Crippen MR) is 160 cm³/mol. The van der Waals surface area contributed by atoms with Crippen LogP contribution in [-0.2, 0) is 4.74 Å². The SMILES string of the molecule is C=CCCC1CCC(c2ccc(-c3ccc(-c4ccc(-c5ccc(OCCC)c(F)c5F)cc4)cc3)cc2)CO1. The first-order valence-corrected chi connectivity index (χ1v) is 14.2. The quantitative estimate of drug-likeness (QED) is 0.187. The van der Waals surface area contributed by atoms with E-state index < -0.39 is 11.6 Å². The minimum Gasteiger partial charge on any atom is -0.490 e. The molecule has 1 aliphatic heterocycles. The van der Waals surface area contributed by atoms with Gasteiger partial charge in [0, 0.05) is 11.5 Å². The molecule has 0 spiro atoms. The minimum absolute atomic E-state index is 0.0505. The maximum atomic E-state index is 14.7. The van der Waals surface area contributed by atoms with Gasteiger partial charge in [-0.3, -0.25) is 0 Å². The van der Waals surface area contributed by atoms with Crippen LogP contribution in [-0.4, -0.2) is 19.3 Å². The van der Waals surface area contributed by atoms with E-state index in [2.05, 4.69) is 55.1 Å². The van der Waals surface area contributed by atoms with Crippen molar-refractivity contribution in [1.82, 2.24) is 0 Å². The number of hydrogen-bond donors (Lipinski definition) is 0. The molecule has 2 unspecified atom stereocenters. The van der Waals surface area contributed by atoms with Crippen LogP contribution in [0.1, 0.15) is 50.5 Å². The largest absolute Gasteiger partial charge is 0.490 e. The molecule has 0 N–H and O–H groups in total. The lowest BCUT2D eigenvalue weighted by molar-refractivity contribution is -0.000171. The number of ether oxygens (including phenoxy) is 2. The van der Waals surface area contributed by atoms with Gasteiger partial charge in [0.1, 0.15) is 0 Å². The number of rotatable bonds is 10. The molecule has 0 bridgehead atoms. The third kappa shape index (κ3) is 6.34. The van der Waals surface area contributed by atoms with Crippen LogP contribution in [0.3, 0.4) is 0 Å². The third-order valence-corrected chi connectivity index (χ3v) is 7.70. The molecule has 2 atom stereocenters. The van der Waals surface area contributed by atoms with Gasteiger partial charge in [0.15, 0.2) is 11.6 Å². The molecule has 0 amide bonds. The second-order valence-corrected chi connectivity index (χ2v) is 10.5. The van der Waals surface area contributed by atoms with E-state index in [1.165, 1.54) is 17.2 Å². The Balaban J connectivity index is 1.23. The van der Waals surface area contributed by atoms with E-state index in [9.17, 15) is 8.78 Å². The fourth-order valence-corrected chi connectivity index (χ4v) is 5.32. The first-order chi connectivity index (χ1) is 19.6. The van der Waals surface area contributed by atoms with Crippen molar-refractivity contribution in [2.45, 2.75) is 51.0 Å². The number of benzene rings is 4. The molecular formula is C36H36F2O2. The van der Waals surface area contributed by atoms with Crippen molar-refractivity contribution in [3.63, 3.8) is 0 Å². The highest BCUT2D eigenvalue weighted by Gasteiger charge is 2.22. The van der Waals surface area contributed by atoms with E-state index in [1.54, 1.807) is 6.07 Å². The average Bonchev–Trinajstić information content (AvgIpc) is 3.01. The smallest absolute Gasteiger partial charge is 0.201 e. The van der Waals surface area contributed by atoms with Crippen molar-refractivity contribution in [3.05, 3.63) is 115 Å². The third-order valence-electron chi connectivity index (χ3n) is 7.70. The van der Waals surface area contributed by atoms with Crippen LogP contribution in [0.5, 0.6) is 5.75 Å². The zero-order valence-corrected chi connectivity index (χ0v) is 23.0. The normalized spacial score (nSPS) is 17.0. The van der Waals surface area contributed by atoms with Gasteiger partial charge < -0.3 is 9.47 Å². The first kappa shape index (κ1) is 27.8. The van der Waals surface area contributed by atoms with E-state index in [0.29, 0.717) is 24.2 Å². The molecule has 40 heavy (non-hydrogen) atoms. The summed E-state index contributed by atoms with van der Waals surface area (Å²) in [5.74, 6) is -1.43. The van der Waals surface area contributed by atoms with Crippen LogP contribution in [0.4, 0.5) is 8.78 Å². The van der Waals surface area contributed by atoms with Gasteiger partial charge in [-0.15, -0.1) is 6.58 Å². The lowest BCUT2D eigenvalue weighted by Gasteiger charge is -2.29. The predicted octanol–water partition coefficient (Wildman–Crippen LogP) is 9.98. The van der Waals surface area contributed by atoms with Gasteiger partial charge in [-0.05, 0) is 77.6 Å². The lowest BCUT2D eigenvalue weighted by Crippen LogP contribution is -2.24. The van der Waals surface area contributed by atoms with Crippen molar-refractivity contribution in [2.75, 3.05) is 13.2 Å². The zero-order valence-electron chi connectivity index (χ0n) is 23.0. The van der Waals surface area contributed by atoms with Crippen LogP contribution in [0.25, 0.3) is 33.4 Å². The van der Waals surface area contributed by atoms with Crippen LogP contribution in [0, 0.1) is 11.6 Å². The Bertz CT molecular complexity index is 1400. The van der Waals surface area contributed by atoms with Gasteiger partial charge in [-0.25, -0.2) is 4.39 Å². The molecule has 0 aromatic heterocycles. The van der Waals surface area contributed by atoms with Gasteiger partial charge in [0.2, 0.25) is 5.82 Å². The molecule has 5 rings (SSSR count). The van der Waals surface area contributed by atoms with Gasteiger partial charge >= 0.3 is 0 Å². The molecule has 0 radical (unpaired) electrons. The molecule has 206 valence electrons. The van der Waals surface area contributed by atoms with Gasteiger partial charge in [0.05, 0.1) is 19.3 Å². The van der Waals surface area contributed by atoms with Gasteiger partial charge in [-0.2, -0.15) is 4.39 Å². The summed E-state index contributed by atoms with van der Waals surface area (Å²) in [5.41, 5.74) is 6.58.